The standard InChI is InChI=1S/C13H12BrNO/c1-2-11-5-3-4-6-12(11)15-9-10(8-14)7-13(15)16/h1,3-6,10H,7-9H2. The number of carbonyl (C=O) groups excluding carboxylic acids is 1. The Morgan fingerprint density at radius 2 is 2.25 bits per heavy atom. The molecule has 0 saturated carbocycles. The minimum atomic E-state index is 0.159. The van der Waals surface area contributed by atoms with E-state index in [2.05, 4.69) is 21.9 Å². The van der Waals surface area contributed by atoms with Crippen LogP contribution >= 0.6 is 15.9 Å². The summed E-state index contributed by atoms with van der Waals surface area (Å²) < 4.78 is 0. The second-order valence-corrected chi connectivity index (χ2v) is 4.54. The van der Waals surface area contributed by atoms with Crippen LogP contribution in [0.4, 0.5) is 5.69 Å². The fourth-order valence-electron chi connectivity index (χ4n) is 1.95. The molecule has 0 spiro atoms. The maximum atomic E-state index is 11.8. The Morgan fingerprint density at radius 3 is 2.88 bits per heavy atom. The number of terminal acetylenes is 1. The van der Waals surface area contributed by atoms with E-state index in [1.807, 2.05) is 24.3 Å². The number of halogens is 1. The average Bonchev–Trinajstić information content (AvgIpc) is 2.70. The number of benzene rings is 1. The molecule has 0 bridgehead atoms. The van der Waals surface area contributed by atoms with E-state index >= 15 is 0 Å². The third kappa shape index (κ3) is 1.98. The molecule has 1 atom stereocenters. The van der Waals surface area contributed by atoms with Gasteiger partial charge in [-0.25, -0.2) is 0 Å². The van der Waals surface area contributed by atoms with Crippen LogP contribution in [0.1, 0.15) is 12.0 Å². The quantitative estimate of drug-likeness (QED) is 0.601. The molecule has 1 aromatic rings. The Kier molecular flexibility index (Phi) is 3.31. The average molecular weight is 278 g/mol. The maximum Gasteiger partial charge on any atom is 0.227 e. The molecule has 16 heavy (non-hydrogen) atoms. The van der Waals surface area contributed by atoms with Crippen molar-refractivity contribution >= 4 is 27.5 Å². The van der Waals surface area contributed by atoms with Crippen LogP contribution in [0.15, 0.2) is 24.3 Å². The number of nitrogens with zero attached hydrogens (tertiary/aromatic N) is 1. The van der Waals surface area contributed by atoms with Gasteiger partial charge in [0, 0.05) is 23.9 Å². The SMILES string of the molecule is C#Cc1ccccc1N1CC(CBr)CC1=O. The fourth-order valence-corrected chi connectivity index (χ4v) is 2.38. The third-order valence-electron chi connectivity index (χ3n) is 2.77. The molecule has 1 aliphatic heterocycles. The lowest BCUT2D eigenvalue weighted by molar-refractivity contribution is -0.117. The molecule has 1 unspecified atom stereocenters. The van der Waals surface area contributed by atoms with Crippen LogP contribution in [0.3, 0.4) is 0 Å². The van der Waals surface area contributed by atoms with E-state index in [4.69, 9.17) is 6.42 Å². The molecule has 2 rings (SSSR count). The molecular formula is C13H12BrNO. The van der Waals surface area contributed by atoms with Crippen LogP contribution in [0.5, 0.6) is 0 Å². The maximum absolute atomic E-state index is 11.8. The molecule has 1 fully saturated rings. The van der Waals surface area contributed by atoms with Gasteiger partial charge in [0.1, 0.15) is 0 Å². The van der Waals surface area contributed by atoms with Crippen molar-refractivity contribution in [3.05, 3.63) is 29.8 Å². The van der Waals surface area contributed by atoms with Crippen LogP contribution in [0.25, 0.3) is 0 Å². The first-order valence-corrected chi connectivity index (χ1v) is 6.30. The van der Waals surface area contributed by atoms with Gasteiger partial charge in [-0.15, -0.1) is 6.42 Å². The van der Waals surface area contributed by atoms with Gasteiger partial charge in [-0.2, -0.15) is 0 Å². The first kappa shape index (κ1) is 11.2. The van der Waals surface area contributed by atoms with Crippen molar-refractivity contribution in [2.45, 2.75) is 6.42 Å². The summed E-state index contributed by atoms with van der Waals surface area (Å²) in [6, 6.07) is 7.57. The van der Waals surface area contributed by atoms with Crippen molar-refractivity contribution in [3.63, 3.8) is 0 Å². The monoisotopic (exact) mass is 277 g/mol. The molecule has 3 heteroatoms. The van der Waals surface area contributed by atoms with Gasteiger partial charge >= 0.3 is 0 Å². The molecule has 0 radical (unpaired) electrons. The molecule has 0 aliphatic carbocycles. The van der Waals surface area contributed by atoms with Crippen molar-refractivity contribution in [1.82, 2.24) is 0 Å². The van der Waals surface area contributed by atoms with Crippen LogP contribution in [-0.2, 0) is 4.79 Å². The molecule has 0 aromatic heterocycles. The summed E-state index contributed by atoms with van der Waals surface area (Å²) in [7, 11) is 0. The highest BCUT2D eigenvalue weighted by atomic mass is 79.9. The van der Waals surface area contributed by atoms with E-state index in [0.717, 1.165) is 23.1 Å². The van der Waals surface area contributed by atoms with Crippen LogP contribution < -0.4 is 4.90 Å². The molecule has 1 heterocycles. The summed E-state index contributed by atoms with van der Waals surface area (Å²) in [6.45, 7) is 0.753. The van der Waals surface area contributed by atoms with E-state index < -0.39 is 0 Å². The zero-order valence-electron chi connectivity index (χ0n) is 8.82. The molecular weight excluding hydrogens is 266 g/mol. The van der Waals surface area contributed by atoms with Gasteiger partial charge in [0.25, 0.3) is 0 Å². The van der Waals surface area contributed by atoms with Crippen LogP contribution in [0, 0.1) is 18.3 Å². The second kappa shape index (κ2) is 4.71. The molecule has 1 saturated heterocycles. The fraction of sp³-hybridized carbons (Fsp3) is 0.308. The molecule has 1 amide bonds. The summed E-state index contributed by atoms with van der Waals surface area (Å²) >= 11 is 3.42. The van der Waals surface area contributed by atoms with Gasteiger partial charge in [-0.05, 0) is 18.1 Å². The van der Waals surface area contributed by atoms with Crippen molar-refractivity contribution in [1.29, 1.82) is 0 Å². The first-order chi connectivity index (χ1) is 7.76. The Balaban J connectivity index is 2.32. The molecule has 2 nitrogen and oxygen atoms in total. The van der Waals surface area contributed by atoms with Crippen molar-refractivity contribution in [3.8, 4) is 12.3 Å². The Bertz CT molecular complexity index is 449. The number of rotatable bonds is 2. The lowest BCUT2D eigenvalue weighted by Gasteiger charge is -2.18. The lowest BCUT2D eigenvalue weighted by Crippen LogP contribution is -2.25. The zero-order valence-corrected chi connectivity index (χ0v) is 10.4. The molecule has 1 aromatic carbocycles. The van der Waals surface area contributed by atoms with Crippen LogP contribution in [-0.4, -0.2) is 17.8 Å². The summed E-state index contributed by atoms with van der Waals surface area (Å²) in [5.41, 5.74) is 1.64. The van der Waals surface area contributed by atoms with Crippen molar-refractivity contribution < 1.29 is 4.79 Å². The normalized spacial score (nSPS) is 19.9. The highest BCUT2D eigenvalue weighted by Gasteiger charge is 2.30. The Hall–Kier alpha value is -1.27. The summed E-state index contributed by atoms with van der Waals surface area (Å²) in [4.78, 5) is 13.6. The van der Waals surface area contributed by atoms with Gasteiger partial charge in [0.05, 0.1) is 5.69 Å². The van der Waals surface area contributed by atoms with Crippen molar-refractivity contribution in [2.24, 2.45) is 5.92 Å². The molecule has 82 valence electrons. The summed E-state index contributed by atoms with van der Waals surface area (Å²) in [6.07, 6.45) is 6.03. The van der Waals surface area contributed by atoms with E-state index in [1.165, 1.54) is 0 Å². The molecule has 1 aliphatic rings. The van der Waals surface area contributed by atoms with Gasteiger partial charge in [-0.3, -0.25) is 4.79 Å². The zero-order chi connectivity index (χ0) is 11.5. The number of hydrogen-bond acceptors (Lipinski definition) is 1. The number of amides is 1. The Labute approximate surface area is 104 Å². The smallest absolute Gasteiger partial charge is 0.227 e. The van der Waals surface area contributed by atoms with E-state index in [9.17, 15) is 4.79 Å². The summed E-state index contributed by atoms with van der Waals surface area (Å²) in [5, 5.41) is 0.855. The predicted molar refractivity (Wildman–Crippen MR) is 68.6 cm³/mol. The van der Waals surface area contributed by atoms with E-state index in [0.29, 0.717) is 12.3 Å². The molecule has 0 N–H and O–H groups in total. The van der Waals surface area contributed by atoms with Gasteiger partial charge < -0.3 is 4.90 Å². The van der Waals surface area contributed by atoms with Crippen molar-refractivity contribution in [2.75, 3.05) is 16.8 Å². The second-order valence-electron chi connectivity index (χ2n) is 3.89. The lowest BCUT2D eigenvalue weighted by atomic mass is 10.1. The first-order valence-electron chi connectivity index (χ1n) is 5.18. The number of alkyl halides is 1. The minimum absolute atomic E-state index is 0.159. The predicted octanol–water partition coefficient (Wildman–Crippen LogP) is 2.42. The van der Waals surface area contributed by atoms with Gasteiger partial charge in [0.15, 0.2) is 0 Å². The summed E-state index contributed by atoms with van der Waals surface area (Å²) in [5.74, 6) is 3.17. The minimum Gasteiger partial charge on any atom is -0.311 e. The topological polar surface area (TPSA) is 20.3 Å². The van der Waals surface area contributed by atoms with E-state index in [1.54, 1.807) is 4.90 Å². The number of anilines is 1. The van der Waals surface area contributed by atoms with Crippen LogP contribution in [0.2, 0.25) is 0 Å². The van der Waals surface area contributed by atoms with Gasteiger partial charge in [0.2, 0.25) is 5.91 Å². The highest BCUT2D eigenvalue weighted by molar-refractivity contribution is 9.09. The Morgan fingerprint density at radius 1 is 1.50 bits per heavy atom. The van der Waals surface area contributed by atoms with Gasteiger partial charge in [-0.1, -0.05) is 34.0 Å². The largest absolute Gasteiger partial charge is 0.311 e. The number of hydrogen-bond donors (Lipinski definition) is 0. The number of para-hydroxylation sites is 1. The van der Waals surface area contributed by atoms with E-state index in [-0.39, 0.29) is 5.91 Å². The number of carbonyl (C=O) groups is 1. The highest BCUT2D eigenvalue weighted by Crippen LogP contribution is 2.28. The third-order valence-corrected chi connectivity index (χ3v) is 3.69.